The molecule has 1 unspecified atom stereocenters. The minimum absolute atomic E-state index is 0.294. The molecular formula is C17H19N3O2. The second-order valence-corrected chi connectivity index (χ2v) is 5.45. The number of methoxy groups -OCH3 is 1. The molecule has 2 aromatic rings. The van der Waals surface area contributed by atoms with Crippen molar-refractivity contribution in [1.29, 1.82) is 0 Å². The lowest BCUT2D eigenvalue weighted by Crippen LogP contribution is -2.51. The van der Waals surface area contributed by atoms with Crippen LogP contribution in [-0.4, -0.2) is 37.2 Å². The zero-order chi connectivity index (χ0) is 15.5. The summed E-state index contributed by atoms with van der Waals surface area (Å²) >= 11 is 0. The van der Waals surface area contributed by atoms with Crippen molar-refractivity contribution in [3.63, 3.8) is 0 Å². The lowest BCUT2D eigenvalue weighted by Gasteiger charge is -2.39. The molecule has 1 aromatic heterocycles. The Morgan fingerprint density at radius 3 is 2.55 bits per heavy atom. The highest BCUT2D eigenvalue weighted by molar-refractivity contribution is 5.85. The number of anilines is 1. The Bertz CT molecular complexity index is 637. The molecule has 3 rings (SSSR count). The van der Waals surface area contributed by atoms with E-state index in [-0.39, 0.29) is 0 Å². The van der Waals surface area contributed by atoms with Gasteiger partial charge < -0.3 is 15.4 Å². The molecule has 1 amide bonds. The minimum Gasteiger partial charge on any atom is -0.378 e. The summed E-state index contributed by atoms with van der Waals surface area (Å²) in [5, 5.41) is 0. The first-order valence-corrected chi connectivity index (χ1v) is 7.27. The van der Waals surface area contributed by atoms with Crippen LogP contribution < -0.4 is 10.6 Å². The first kappa shape index (κ1) is 14.5. The Morgan fingerprint density at radius 1 is 1.27 bits per heavy atom. The van der Waals surface area contributed by atoms with Crippen molar-refractivity contribution in [3.8, 4) is 0 Å². The van der Waals surface area contributed by atoms with Gasteiger partial charge in [0.05, 0.1) is 23.7 Å². The number of nitrogens with two attached hydrogens (primary N) is 1. The van der Waals surface area contributed by atoms with Gasteiger partial charge >= 0.3 is 0 Å². The van der Waals surface area contributed by atoms with E-state index in [1.807, 2.05) is 42.5 Å². The maximum Gasteiger partial charge on any atom is 0.231 e. The Labute approximate surface area is 129 Å². The number of rotatable bonds is 5. The summed E-state index contributed by atoms with van der Waals surface area (Å²) in [6, 6.07) is 13.3. The van der Waals surface area contributed by atoms with Crippen LogP contribution in [0.25, 0.3) is 0 Å². The normalized spacial score (nSPS) is 16.1. The number of benzene rings is 1. The monoisotopic (exact) mass is 297 g/mol. The largest absolute Gasteiger partial charge is 0.378 e. The maximum absolute atomic E-state index is 11.8. The number of primary amides is 1. The third kappa shape index (κ3) is 2.80. The molecule has 114 valence electrons. The van der Waals surface area contributed by atoms with Gasteiger partial charge in [-0.05, 0) is 17.7 Å². The molecule has 1 aliphatic rings. The summed E-state index contributed by atoms with van der Waals surface area (Å²) in [4.78, 5) is 18.5. The first-order valence-electron chi connectivity index (χ1n) is 7.27. The molecule has 22 heavy (non-hydrogen) atoms. The smallest absolute Gasteiger partial charge is 0.231 e. The van der Waals surface area contributed by atoms with E-state index in [0.717, 1.165) is 24.3 Å². The quantitative estimate of drug-likeness (QED) is 0.909. The van der Waals surface area contributed by atoms with E-state index in [1.165, 1.54) is 0 Å². The summed E-state index contributed by atoms with van der Waals surface area (Å²) in [7, 11) is 1.72. The fourth-order valence-electron chi connectivity index (χ4n) is 2.68. The van der Waals surface area contributed by atoms with Gasteiger partial charge in [-0.25, -0.2) is 0 Å². The van der Waals surface area contributed by atoms with Gasteiger partial charge in [0.2, 0.25) is 5.91 Å². The second kappa shape index (κ2) is 6.15. The van der Waals surface area contributed by atoms with Crippen molar-refractivity contribution >= 4 is 11.6 Å². The van der Waals surface area contributed by atoms with Crippen molar-refractivity contribution in [3.05, 3.63) is 59.9 Å². The number of amides is 1. The molecule has 1 aromatic carbocycles. The molecule has 2 N–H and O–H groups in total. The molecule has 0 aliphatic carbocycles. The Morgan fingerprint density at radius 2 is 2.00 bits per heavy atom. The summed E-state index contributed by atoms with van der Waals surface area (Å²) in [6.07, 6.45) is 2.09. The van der Waals surface area contributed by atoms with E-state index in [1.54, 1.807) is 13.3 Å². The molecule has 5 nitrogen and oxygen atoms in total. The molecular weight excluding hydrogens is 278 g/mol. The topological polar surface area (TPSA) is 68.5 Å². The predicted octanol–water partition coefficient (Wildman–Crippen LogP) is 1.53. The van der Waals surface area contributed by atoms with Crippen molar-refractivity contribution in [1.82, 2.24) is 4.98 Å². The van der Waals surface area contributed by atoms with E-state index in [0.29, 0.717) is 11.8 Å². The highest BCUT2D eigenvalue weighted by Gasteiger charge is 2.27. The zero-order valence-electron chi connectivity index (χ0n) is 12.5. The minimum atomic E-state index is -0.515. The Kier molecular flexibility index (Phi) is 4.06. The number of aromatic nitrogens is 1. The van der Waals surface area contributed by atoms with Gasteiger partial charge in [-0.1, -0.05) is 30.3 Å². The van der Waals surface area contributed by atoms with E-state index >= 15 is 0 Å². The van der Waals surface area contributed by atoms with Gasteiger partial charge in [-0.2, -0.15) is 0 Å². The van der Waals surface area contributed by atoms with Crippen LogP contribution >= 0.6 is 0 Å². The predicted molar refractivity (Wildman–Crippen MR) is 84.7 cm³/mol. The van der Waals surface area contributed by atoms with E-state index in [9.17, 15) is 4.79 Å². The van der Waals surface area contributed by atoms with Crippen molar-refractivity contribution < 1.29 is 9.53 Å². The van der Waals surface area contributed by atoms with Gasteiger partial charge in [-0.15, -0.1) is 0 Å². The molecule has 5 heteroatoms. The average molecular weight is 297 g/mol. The van der Waals surface area contributed by atoms with E-state index < -0.39 is 11.8 Å². The lowest BCUT2D eigenvalue weighted by molar-refractivity contribution is -0.118. The summed E-state index contributed by atoms with van der Waals surface area (Å²) in [6.45, 7) is 1.74. The molecule has 1 fully saturated rings. The number of carbonyl (C=O) groups is 1. The third-order valence-electron chi connectivity index (χ3n) is 4.03. The molecule has 0 saturated carbocycles. The molecule has 0 spiro atoms. The van der Waals surface area contributed by atoms with Crippen molar-refractivity contribution in [2.45, 2.75) is 12.0 Å². The lowest BCUT2D eigenvalue weighted by atomic mass is 9.94. The second-order valence-electron chi connectivity index (χ2n) is 5.45. The summed E-state index contributed by atoms with van der Waals surface area (Å²) in [5.41, 5.74) is 8.13. The molecule has 0 radical (unpaired) electrons. The van der Waals surface area contributed by atoms with E-state index in [4.69, 9.17) is 10.5 Å². The zero-order valence-corrected chi connectivity index (χ0v) is 12.5. The SMILES string of the molecule is COC1CN(c2ccc(C(C(N)=O)c3ccccc3)nc2)C1. The van der Waals surface area contributed by atoms with Gasteiger partial charge in [0.25, 0.3) is 0 Å². The van der Waals surface area contributed by atoms with Crippen LogP contribution in [0.4, 0.5) is 5.69 Å². The highest BCUT2D eigenvalue weighted by Crippen LogP contribution is 2.26. The number of pyridine rings is 1. The Balaban J connectivity index is 1.80. The third-order valence-corrected chi connectivity index (χ3v) is 4.03. The Hall–Kier alpha value is -2.40. The van der Waals surface area contributed by atoms with Crippen LogP contribution in [0.3, 0.4) is 0 Å². The van der Waals surface area contributed by atoms with Crippen molar-refractivity contribution in [2.24, 2.45) is 5.73 Å². The number of hydrogen-bond donors (Lipinski definition) is 1. The molecule has 1 aliphatic heterocycles. The van der Waals surface area contributed by atoms with Crippen LogP contribution in [0.15, 0.2) is 48.7 Å². The summed E-state index contributed by atoms with van der Waals surface area (Å²) < 4.78 is 5.27. The first-order chi connectivity index (χ1) is 10.7. The number of hydrogen-bond acceptors (Lipinski definition) is 4. The molecule has 0 bridgehead atoms. The van der Waals surface area contributed by atoms with Crippen LogP contribution in [-0.2, 0) is 9.53 Å². The van der Waals surface area contributed by atoms with Gasteiger partial charge in [0.15, 0.2) is 0 Å². The molecule has 1 saturated heterocycles. The number of ether oxygens (including phenoxy) is 1. The van der Waals surface area contributed by atoms with Gasteiger partial charge in [0.1, 0.15) is 5.92 Å². The van der Waals surface area contributed by atoms with Crippen LogP contribution in [0.5, 0.6) is 0 Å². The number of carbonyl (C=O) groups excluding carboxylic acids is 1. The fourth-order valence-corrected chi connectivity index (χ4v) is 2.68. The average Bonchev–Trinajstić information content (AvgIpc) is 2.49. The number of nitrogens with zero attached hydrogens (tertiary/aromatic N) is 2. The molecule has 2 heterocycles. The summed E-state index contributed by atoms with van der Waals surface area (Å²) in [5.74, 6) is -0.909. The van der Waals surface area contributed by atoms with Gasteiger partial charge in [-0.3, -0.25) is 9.78 Å². The highest BCUT2D eigenvalue weighted by atomic mass is 16.5. The van der Waals surface area contributed by atoms with E-state index in [2.05, 4.69) is 9.88 Å². The maximum atomic E-state index is 11.8. The molecule has 1 atom stereocenters. The van der Waals surface area contributed by atoms with Gasteiger partial charge in [0, 0.05) is 20.2 Å². The van der Waals surface area contributed by atoms with Crippen LogP contribution in [0.2, 0.25) is 0 Å². The fraction of sp³-hybridized carbons (Fsp3) is 0.294. The van der Waals surface area contributed by atoms with Crippen LogP contribution in [0.1, 0.15) is 17.2 Å². The van der Waals surface area contributed by atoms with Crippen molar-refractivity contribution in [2.75, 3.05) is 25.1 Å². The van der Waals surface area contributed by atoms with Crippen LogP contribution in [0, 0.1) is 0 Å². The standard InChI is InChI=1S/C17H19N3O2/c1-22-14-10-20(11-14)13-7-8-15(19-9-13)16(17(18)21)12-5-3-2-4-6-12/h2-9,14,16H,10-11H2,1H3,(H2,18,21).